The summed E-state index contributed by atoms with van der Waals surface area (Å²) < 4.78 is 5.16. The summed E-state index contributed by atoms with van der Waals surface area (Å²) in [6.45, 7) is 1.46. The molecule has 0 fully saturated rings. The van der Waals surface area contributed by atoms with Crippen molar-refractivity contribution >= 4 is 46.7 Å². The molecule has 0 aliphatic carbocycles. The predicted molar refractivity (Wildman–Crippen MR) is 94.6 cm³/mol. The van der Waals surface area contributed by atoms with E-state index in [2.05, 4.69) is 5.32 Å². The van der Waals surface area contributed by atoms with Crippen LogP contribution in [0.15, 0.2) is 42.5 Å². The maximum Gasteiger partial charge on any atom is 0.328 e. The molecule has 0 radical (unpaired) electrons. The second kappa shape index (κ2) is 8.38. The molecule has 1 amide bonds. The van der Waals surface area contributed by atoms with Gasteiger partial charge in [0, 0.05) is 26.2 Å². The van der Waals surface area contributed by atoms with Crippen LogP contribution >= 0.6 is 34.8 Å². The molecule has 24 heavy (non-hydrogen) atoms. The second-order valence-corrected chi connectivity index (χ2v) is 6.26. The second-order valence-electron chi connectivity index (χ2n) is 5.01. The number of benzene rings is 2. The number of nitrogens with one attached hydrogen (secondary N) is 1. The molecule has 2 aromatic carbocycles. The standard InChI is InChI=1S/C17H14Cl3NO3/c1-10(21-16(22)11-5-7-12(18)8-6-11)17(23)24-9-13-14(19)3-2-4-15(13)20/h2-8,10H,9H2,1H3,(H,21,22)/t10-/m0/s1. The Labute approximate surface area is 154 Å². The lowest BCUT2D eigenvalue weighted by Crippen LogP contribution is -2.39. The number of hydrogen-bond acceptors (Lipinski definition) is 3. The summed E-state index contributed by atoms with van der Waals surface area (Å²) in [5.41, 5.74) is 0.915. The molecule has 126 valence electrons. The van der Waals surface area contributed by atoms with E-state index in [1.54, 1.807) is 42.5 Å². The molecule has 0 unspecified atom stereocenters. The minimum Gasteiger partial charge on any atom is -0.459 e. The van der Waals surface area contributed by atoms with Crippen molar-refractivity contribution < 1.29 is 14.3 Å². The first kappa shape index (κ1) is 18.6. The third-order valence-electron chi connectivity index (χ3n) is 3.23. The van der Waals surface area contributed by atoms with E-state index in [1.165, 1.54) is 6.92 Å². The van der Waals surface area contributed by atoms with E-state index in [9.17, 15) is 9.59 Å². The maximum atomic E-state index is 12.0. The van der Waals surface area contributed by atoms with Crippen molar-refractivity contribution in [2.24, 2.45) is 0 Å². The van der Waals surface area contributed by atoms with E-state index in [-0.39, 0.29) is 6.61 Å². The lowest BCUT2D eigenvalue weighted by atomic mass is 10.2. The molecule has 0 spiro atoms. The average molecular weight is 387 g/mol. The highest BCUT2D eigenvalue weighted by molar-refractivity contribution is 6.36. The number of amides is 1. The van der Waals surface area contributed by atoms with Crippen LogP contribution in [0.25, 0.3) is 0 Å². The lowest BCUT2D eigenvalue weighted by molar-refractivity contribution is -0.146. The molecule has 4 nitrogen and oxygen atoms in total. The Kier molecular flexibility index (Phi) is 6.49. The average Bonchev–Trinajstić information content (AvgIpc) is 2.54. The topological polar surface area (TPSA) is 55.4 Å². The first-order chi connectivity index (χ1) is 11.4. The van der Waals surface area contributed by atoms with Crippen molar-refractivity contribution in [1.29, 1.82) is 0 Å². The quantitative estimate of drug-likeness (QED) is 0.769. The van der Waals surface area contributed by atoms with E-state index >= 15 is 0 Å². The molecular weight excluding hydrogens is 373 g/mol. The minimum absolute atomic E-state index is 0.0709. The zero-order chi connectivity index (χ0) is 17.7. The molecule has 1 N–H and O–H groups in total. The minimum atomic E-state index is -0.825. The third-order valence-corrected chi connectivity index (χ3v) is 4.19. The molecule has 0 aromatic heterocycles. The van der Waals surface area contributed by atoms with Crippen LogP contribution in [0.4, 0.5) is 0 Å². The highest BCUT2D eigenvalue weighted by atomic mass is 35.5. The monoisotopic (exact) mass is 385 g/mol. The van der Waals surface area contributed by atoms with Crippen LogP contribution < -0.4 is 5.32 Å². The Morgan fingerprint density at radius 2 is 1.62 bits per heavy atom. The number of ether oxygens (including phenoxy) is 1. The van der Waals surface area contributed by atoms with Gasteiger partial charge in [0.25, 0.3) is 5.91 Å². The van der Waals surface area contributed by atoms with Gasteiger partial charge in [0.1, 0.15) is 12.6 Å². The van der Waals surface area contributed by atoms with Crippen molar-refractivity contribution in [3.63, 3.8) is 0 Å². The van der Waals surface area contributed by atoms with E-state index < -0.39 is 17.9 Å². The summed E-state index contributed by atoms with van der Waals surface area (Å²) in [6, 6.07) is 10.5. The normalized spacial score (nSPS) is 11.7. The van der Waals surface area contributed by atoms with Gasteiger partial charge in [-0.3, -0.25) is 4.79 Å². The van der Waals surface area contributed by atoms with Crippen molar-refractivity contribution in [3.05, 3.63) is 68.7 Å². The van der Waals surface area contributed by atoms with E-state index in [4.69, 9.17) is 39.5 Å². The largest absolute Gasteiger partial charge is 0.459 e. The number of carbonyl (C=O) groups is 2. The van der Waals surface area contributed by atoms with E-state index in [1.807, 2.05) is 0 Å². The van der Waals surface area contributed by atoms with E-state index in [0.717, 1.165) is 0 Å². The number of carbonyl (C=O) groups excluding carboxylic acids is 2. The summed E-state index contributed by atoms with van der Waals surface area (Å²) in [4.78, 5) is 24.1. The number of halogens is 3. The van der Waals surface area contributed by atoms with Crippen molar-refractivity contribution in [3.8, 4) is 0 Å². The van der Waals surface area contributed by atoms with Gasteiger partial charge in [-0.2, -0.15) is 0 Å². The number of rotatable bonds is 5. The van der Waals surface area contributed by atoms with Crippen molar-refractivity contribution in [2.45, 2.75) is 19.6 Å². The maximum absolute atomic E-state index is 12.0. The zero-order valence-corrected chi connectivity index (χ0v) is 15.0. The van der Waals surface area contributed by atoms with Gasteiger partial charge in [0.15, 0.2) is 0 Å². The Morgan fingerprint density at radius 3 is 2.21 bits per heavy atom. The van der Waals surface area contributed by atoms with E-state index in [0.29, 0.717) is 26.2 Å². The first-order valence-corrected chi connectivity index (χ1v) is 8.18. The highest BCUT2D eigenvalue weighted by Gasteiger charge is 2.19. The SMILES string of the molecule is C[C@H](NC(=O)c1ccc(Cl)cc1)C(=O)OCc1c(Cl)cccc1Cl. The van der Waals surface area contributed by atoms with Gasteiger partial charge < -0.3 is 10.1 Å². The van der Waals surface area contributed by atoms with Crippen LogP contribution in [0, 0.1) is 0 Å². The van der Waals surface area contributed by atoms with Crippen LogP contribution in [-0.4, -0.2) is 17.9 Å². The van der Waals surface area contributed by atoms with Gasteiger partial charge in [0.2, 0.25) is 0 Å². The molecule has 0 heterocycles. The summed E-state index contributed by atoms with van der Waals surface area (Å²) in [5.74, 6) is -0.986. The molecule has 0 aliphatic rings. The molecular formula is C17H14Cl3NO3. The summed E-state index contributed by atoms with van der Waals surface area (Å²) >= 11 is 17.8. The van der Waals surface area contributed by atoms with Gasteiger partial charge in [0.05, 0.1) is 0 Å². The van der Waals surface area contributed by atoms with Crippen LogP contribution in [0.2, 0.25) is 15.1 Å². The molecule has 0 aliphatic heterocycles. The van der Waals surface area contributed by atoms with Crippen molar-refractivity contribution in [2.75, 3.05) is 0 Å². The predicted octanol–water partition coefficient (Wildman–Crippen LogP) is 4.51. The molecule has 1 atom stereocenters. The Balaban J connectivity index is 1.92. The molecule has 0 bridgehead atoms. The Hall–Kier alpha value is -1.75. The summed E-state index contributed by atoms with van der Waals surface area (Å²) in [5, 5.41) is 3.90. The first-order valence-electron chi connectivity index (χ1n) is 7.04. The number of esters is 1. The van der Waals surface area contributed by atoms with Gasteiger partial charge >= 0.3 is 5.97 Å². The van der Waals surface area contributed by atoms with Gasteiger partial charge in [-0.1, -0.05) is 40.9 Å². The fourth-order valence-corrected chi connectivity index (χ4v) is 2.51. The molecule has 2 rings (SSSR count). The molecule has 2 aromatic rings. The van der Waals surface area contributed by atoms with Crippen LogP contribution in [-0.2, 0) is 16.1 Å². The lowest BCUT2D eigenvalue weighted by Gasteiger charge is -2.14. The Bertz CT molecular complexity index is 727. The van der Waals surface area contributed by atoms with Gasteiger partial charge in [-0.15, -0.1) is 0 Å². The van der Waals surface area contributed by atoms with Crippen LogP contribution in [0.3, 0.4) is 0 Å². The summed E-state index contributed by atoms with van der Waals surface area (Å²) in [7, 11) is 0. The fourth-order valence-electron chi connectivity index (χ4n) is 1.88. The third kappa shape index (κ3) is 4.87. The fraction of sp³-hybridized carbons (Fsp3) is 0.176. The number of hydrogen-bond donors (Lipinski definition) is 1. The summed E-state index contributed by atoms with van der Waals surface area (Å²) in [6.07, 6.45) is 0. The molecule has 0 saturated heterocycles. The van der Waals surface area contributed by atoms with Crippen LogP contribution in [0.1, 0.15) is 22.8 Å². The van der Waals surface area contributed by atoms with Crippen LogP contribution in [0.5, 0.6) is 0 Å². The van der Waals surface area contributed by atoms with Gasteiger partial charge in [-0.05, 0) is 43.3 Å². The van der Waals surface area contributed by atoms with Gasteiger partial charge in [-0.25, -0.2) is 4.79 Å². The molecule has 0 saturated carbocycles. The molecule has 7 heteroatoms. The smallest absolute Gasteiger partial charge is 0.328 e. The zero-order valence-electron chi connectivity index (χ0n) is 12.7. The van der Waals surface area contributed by atoms with Crippen molar-refractivity contribution in [1.82, 2.24) is 5.32 Å². The highest BCUT2D eigenvalue weighted by Crippen LogP contribution is 2.25. The Morgan fingerprint density at radius 1 is 1.04 bits per heavy atom.